The van der Waals surface area contributed by atoms with Gasteiger partial charge in [-0.05, 0) is 13.5 Å². The Kier molecular flexibility index (Phi) is 3.64. The van der Waals surface area contributed by atoms with E-state index >= 15 is 0 Å². The minimum atomic E-state index is -0.926. The highest BCUT2D eigenvalue weighted by Crippen LogP contribution is 2.09. The summed E-state index contributed by atoms with van der Waals surface area (Å²) >= 11 is 0. The number of aromatic amines is 1. The second-order valence-corrected chi connectivity index (χ2v) is 3.10. The molecule has 1 aromatic heterocycles. The number of rotatable bonds is 5. The number of aliphatic carboxylic acids is 1. The fourth-order valence-corrected chi connectivity index (χ4v) is 1.30. The van der Waals surface area contributed by atoms with E-state index in [2.05, 4.69) is 22.2 Å². The molecule has 14 heavy (non-hydrogen) atoms. The molecule has 0 aromatic carbocycles. The van der Waals surface area contributed by atoms with Crippen molar-refractivity contribution in [3.63, 3.8) is 0 Å². The fraction of sp³-hybridized carbons (Fsp3) is 0.556. The Labute approximate surface area is 82.6 Å². The van der Waals surface area contributed by atoms with E-state index in [0.29, 0.717) is 5.82 Å². The van der Waals surface area contributed by atoms with E-state index in [0.717, 1.165) is 18.5 Å². The number of carboxylic acid groups (broad SMARTS) is 1. The maximum atomic E-state index is 10.8. The summed E-state index contributed by atoms with van der Waals surface area (Å²) < 4.78 is 0. The fourth-order valence-electron chi connectivity index (χ4n) is 1.30. The summed E-state index contributed by atoms with van der Waals surface area (Å²) in [6, 6.07) is -0.749. The smallest absolute Gasteiger partial charge is 0.328 e. The molecule has 1 atom stereocenters. The van der Waals surface area contributed by atoms with E-state index in [1.807, 2.05) is 0 Å². The van der Waals surface area contributed by atoms with Crippen LogP contribution in [0.4, 0.5) is 0 Å². The summed E-state index contributed by atoms with van der Waals surface area (Å²) in [6.45, 7) is 2.06. The van der Waals surface area contributed by atoms with Crippen LogP contribution in [0.15, 0.2) is 6.20 Å². The number of nitrogens with zero attached hydrogens (tertiary/aromatic N) is 1. The Morgan fingerprint density at radius 2 is 2.50 bits per heavy atom. The van der Waals surface area contributed by atoms with Gasteiger partial charge in [0.05, 0.1) is 0 Å². The highest BCUT2D eigenvalue weighted by atomic mass is 16.4. The van der Waals surface area contributed by atoms with Crippen molar-refractivity contribution in [2.24, 2.45) is 0 Å². The molecular formula is C9H15N3O2. The molecule has 0 aliphatic carbocycles. The molecule has 0 spiro atoms. The Hall–Kier alpha value is -1.36. The Balaban J connectivity index is 2.78. The third kappa shape index (κ3) is 2.32. The van der Waals surface area contributed by atoms with Crippen molar-refractivity contribution >= 4 is 5.97 Å². The molecule has 0 aliphatic rings. The van der Waals surface area contributed by atoms with Crippen LogP contribution in [0, 0.1) is 0 Å². The van der Waals surface area contributed by atoms with Crippen LogP contribution in [0.25, 0.3) is 0 Å². The van der Waals surface area contributed by atoms with Gasteiger partial charge in [-0.15, -0.1) is 0 Å². The van der Waals surface area contributed by atoms with E-state index in [-0.39, 0.29) is 0 Å². The van der Waals surface area contributed by atoms with Crippen LogP contribution in [0.1, 0.15) is 30.9 Å². The first-order valence-corrected chi connectivity index (χ1v) is 4.62. The maximum absolute atomic E-state index is 10.8. The van der Waals surface area contributed by atoms with Gasteiger partial charge in [-0.3, -0.25) is 4.79 Å². The number of aromatic nitrogens is 2. The number of aryl methyl sites for hydroxylation is 1. The topological polar surface area (TPSA) is 78.0 Å². The molecule has 0 aliphatic heterocycles. The van der Waals surface area contributed by atoms with Gasteiger partial charge in [0.1, 0.15) is 5.82 Å². The molecule has 0 saturated carbocycles. The molecule has 0 amide bonds. The number of hydrogen-bond acceptors (Lipinski definition) is 3. The summed E-state index contributed by atoms with van der Waals surface area (Å²) in [4.78, 5) is 17.8. The lowest BCUT2D eigenvalue weighted by atomic mass is 10.3. The van der Waals surface area contributed by atoms with Crippen molar-refractivity contribution < 1.29 is 9.90 Å². The molecule has 0 fully saturated rings. The van der Waals surface area contributed by atoms with Gasteiger partial charge >= 0.3 is 5.97 Å². The average Bonchev–Trinajstić information content (AvgIpc) is 2.54. The zero-order chi connectivity index (χ0) is 10.6. The van der Waals surface area contributed by atoms with Gasteiger partial charge in [-0.25, -0.2) is 4.98 Å². The first kappa shape index (κ1) is 10.7. The number of hydrogen-bond donors (Lipinski definition) is 3. The van der Waals surface area contributed by atoms with Gasteiger partial charge in [0, 0.05) is 11.9 Å². The third-order valence-electron chi connectivity index (χ3n) is 1.98. The van der Waals surface area contributed by atoms with Crippen molar-refractivity contribution in [2.75, 3.05) is 7.05 Å². The first-order valence-electron chi connectivity index (χ1n) is 4.62. The number of carboxylic acids is 1. The third-order valence-corrected chi connectivity index (χ3v) is 1.98. The lowest BCUT2D eigenvalue weighted by Gasteiger charge is -2.06. The van der Waals surface area contributed by atoms with Crippen LogP contribution >= 0.6 is 0 Å². The molecule has 3 N–H and O–H groups in total. The highest BCUT2D eigenvalue weighted by Gasteiger charge is 2.20. The van der Waals surface area contributed by atoms with Gasteiger partial charge in [-0.1, -0.05) is 13.3 Å². The normalized spacial score (nSPS) is 12.7. The Morgan fingerprint density at radius 3 is 3.00 bits per heavy atom. The van der Waals surface area contributed by atoms with Crippen molar-refractivity contribution in [1.29, 1.82) is 0 Å². The molecule has 78 valence electrons. The predicted octanol–water partition coefficient (Wildman–Crippen LogP) is 0.707. The van der Waals surface area contributed by atoms with Crippen LogP contribution in [-0.2, 0) is 11.2 Å². The number of H-pyrrole nitrogens is 1. The van der Waals surface area contributed by atoms with E-state index in [4.69, 9.17) is 5.11 Å². The number of nitrogens with one attached hydrogen (secondary N) is 2. The average molecular weight is 197 g/mol. The number of imidazole rings is 1. The van der Waals surface area contributed by atoms with E-state index in [9.17, 15) is 4.79 Å². The van der Waals surface area contributed by atoms with Crippen LogP contribution in [0.3, 0.4) is 0 Å². The van der Waals surface area contributed by atoms with Crippen molar-refractivity contribution in [2.45, 2.75) is 25.8 Å². The second-order valence-electron chi connectivity index (χ2n) is 3.10. The molecular weight excluding hydrogens is 182 g/mol. The largest absolute Gasteiger partial charge is 0.480 e. The quantitative estimate of drug-likeness (QED) is 0.649. The number of carbonyl (C=O) groups is 1. The van der Waals surface area contributed by atoms with Gasteiger partial charge < -0.3 is 15.4 Å². The summed E-state index contributed by atoms with van der Waals surface area (Å²) in [6.07, 6.45) is 3.59. The molecule has 0 bridgehead atoms. The van der Waals surface area contributed by atoms with Gasteiger partial charge in [-0.2, -0.15) is 0 Å². The van der Waals surface area contributed by atoms with Crippen LogP contribution in [0.2, 0.25) is 0 Å². The highest BCUT2D eigenvalue weighted by molar-refractivity contribution is 5.74. The van der Waals surface area contributed by atoms with Gasteiger partial charge in [0.25, 0.3) is 0 Å². The molecule has 1 unspecified atom stereocenters. The molecule has 5 heteroatoms. The maximum Gasteiger partial charge on any atom is 0.328 e. The minimum absolute atomic E-state index is 0.462. The summed E-state index contributed by atoms with van der Waals surface area (Å²) in [5.74, 6) is -0.464. The molecule has 1 aromatic rings. The predicted molar refractivity (Wildman–Crippen MR) is 52.0 cm³/mol. The summed E-state index contributed by atoms with van der Waals surface area (Å²) in [5.41, 5.74) is 0.976. The van der Waals surface area contributed by atoms with E-state index in [1.54, 1.807) is 13.2 Å². The summed E-state index contributed by atoms with van der Waals surface area (Å²) in [5, 5.41) is 11.5. The van der Waals surface area contributed by atoms with Crippen molar-refractivity contribution in [1.82, 2.24) is 15.3 Å². The lowest BCUT2D eigenvalue weighted by molar-refractivity contribution is -0.139. The number of likely N-dealkylation sites (N-methyl/N-ethyl adjacent to an activating group) is 1. The van der Waals surface area contributed by atoms with Crippen LogP contribution in [0.5, 0.6) is 0 Å². The molecule has 1 heterocycles. The Morgan fingerprint density at radius 1 is 1.79 bits per heavy atom. The van der Waals surface area contributed by atoms with Crippen molar-refractivity contribution in [3.05, 3.63) is 17.7 Å². The standard InChI is InChI=1S/C9H15N3O2/c1-3-4-6-5-11-8(12-6)7(10-2)9(13)14/h5,7,10H,3-4H2,1-2H3,(H,11,12)(H,13,14). The van der Waals surface area contributed by atoms with Crippen molar-refractivity contribution in [3.8, 4) is 0 Å². The zero-order valence-electron chi connectivity index (χ0n) is 8.37. The zero-order valence-corrected chi connectivity index (χ0v) is 8.37. The summed E-state index contributed by atoms with van der Waals surface area (Å²) in [7, 11) is 1.60. The first-order chi connectivity index (χ1) is 6.69. The molecule has 1 rings (SSSR count). The molecule has 0 radical (unpaired) electrons. The molecule has 5 nitrogen and oxygen atoms in total. The minimum Gasteiger partial charge on any atom is -0.480 e. The van der Waals surface area contributed by atoms with E-state index in [1.165, 1.54) is 0 Å². The van der Waals surface area contributed by atoms with Crippen LogP contribution in [-0.4, -0.2) is 28.1 Å². The van der Waals surface area contributed by atoms with Gasteiger partial charge in [0.2, 0.25) is 0 Å². The SMILES string of the molecule is CCCc1cnc(C(NC)C(=O)O)[nH]1. The van der Waals surface area contributed by atoms with Crippen LogP contribution < -0.4 is 5.32 Å². The Bertz CT molecular complexity index is 309. The molecule has 0 saturated heterocycles. The monoisotopic (exact) mass is 197 g/mol. The lowest BCUT2D eigenvalue weighted by Crippen LogP contribution is -2.26. The second kappa shape index (κ2) is 4.76. The van der Waals surface area contributed by atoms with Gasteiger partial charge in [0.15, 0.2) is 6.04 Å². The van der Waals surface area contributed by atoms with E-state index < -0.39 is 12.0 Å².